The van der Waals surface area contributed by atoms with E-state index in [1.807, 2.05) is 25.1 Å². The topological polar surface area (TPSA) is 38.3 Å². The molecule has 1 rings (SSSR count). The van der Waals surface area contributed by atoms with E-state index in [-0.39, 0.29) is 17.4 Å². The van der Waals surface area contributed by atoms with Gasteiger partial charge in [-0.25, -0.2) is 0 Å². The average Bonchev–Trinajstić information content (AvgIpc) is 2.37. The van der Waals surface area contributed by atoms with Crippen LogP contribution >= 0.6 is 0 Å². The molecule has 1 aromatic carbocycles. The number of hydrogen-bond donors (Lipinski definition) is 1. The highest BCUT2D eigenvalue weighted by Gasteiger charge is 2.15. The van der Waals surface area contributed by atoms with E-state index in [2.05, 4.69) is 38.2 Å². The number of carbonyl (C=O) groups is 1. The van der Waals surface area contributed by atoms with Crippen molar-refractivity contribution in [2.24, 2.45) is 5.41 Å². The molecule has 0 fully saturated rings. The van der Waals surface area contributed by atoms with Gasteiger partial charge in [-0.1, -0.05) is 51.1 Å². The average molecular weight is 277 g/mol. The van der Waals surface area contributed by atoms with Crippen LogP contribution in [-0.2, 0) is 9.53 Å². The molecule has 0 spiro atoms. The summed E-state index contributed by atoms with van der Waals surface area (Å²) < 4.78 is 5.76. The van der Waals surface area contributed by atoms with Gasteiger partial charge in [-0.3, -0.25) is 4.79 Å². The van der Waals surface area contributed by atoms with E-state index in [1.54, 1.807) is 0 Å². The third-order valence-electron chi connectivity index (χ3n) is 2.97. The minimum Gasteiger partial charge on any atom is -0.374 e. The number of carbonyl (C=O) groups excluding carboxylic acids is 1. The summed E-state index contributed by atoms with van der Waals surface area (Å²) in [5, 5.41) is 2.93. The van der Waals surface area contributed by atoms with Crippen LogP contribution in [0.1, 0.15) is 52.2 Å². The van der Waals surface area contributed by atoms with Gasteiger partial charge in [0.25, 0.3) is 0 Å². The molecule has 0 saturated carbocycles. The Balaban J connectivity index is 2.12. The van der Waals surface area contributed by atoms with Crippen LogP contribution in [0.5, 0.6) is 0 Å². The SMILES string of the molecule is CC(OCCCNC(=O)CC(C)(C)C)c1ccccc1. The third-order valence-corrected chi connectivity index (χ3v) is 2.97. The molecule has 0 aliphatic rings. The van der Waals surface area contributed by atoms with E-state index in [9.17, 15) is 4.79 Å². The summed E-state index contributed by atoms with van der Waals surface area (Å²) in [6.45, 7) is 9.58. The number of amides is 1. The van der Waals surface area contributed by atoms with Gasteiger partial charge in [-0.15, -0.1) is 0 Å². The summed E-state index contributed by atoms with van der Waals surface area (Å²) in [6, 6.07) is 10.2. The highest BCUT2D eigenvalue weighted by Crippen LogP contribution is 2.18. The van der Waals surface area contributed by atoms with Crippen LogP contribution in [0.25, 0.3) is 0 Å². The molecule has 1 unspecified atom stereocenters. The molecule has 0 radical (unpaired) electrons. The normalized spacial score (nSPS) is 13.0. The molecular formula is C17H27NO2. The standard InChI is InChI=1S/C17H27NO2/c1-14(15-9-6-5-7-10-15)20-12-8-11-18-16(19)13-17(2,3)4/h5-7,9-10,14H,8,11-13H2,1-4H3,(H,18,19). The molecule has 0 bridgehead atoms. The molecule has 0 aliphatic heterocycles. The maximum atomic E-state index is 11.6. The summed E-state index contributed by atoms with van der Waals surface area (Å²) in [7, 11) is 0. The monoisotopic (exact) mass is 277 g/mol. The molecule has 20 heavy (non-hydrogen) atoms. The lowest BCUT2D eigenvalue weighted by atomic mass is 9.92. The van der Waals surface area contributed by atoms with Crippen molar-refractivity contribution in [3.63, 3.8) is 0 Å². The Hall–Kier alpha value is -1.35. The van der Waals surface area contributed by atoms with Crippen molar-refractivity contribution in [1.29, 1.82) is 0 Å². The first-order valence-corrected chi connectivity index (χ1v) is 7.32. The van der Waals surface area contributed by atoms with Gasteiger partial charge >= 0.3 is 0 Å². The highest BCUT2D eigenvalue weighted by molar-refractivity contribution is 5.76. The van der Waals surface area contributed by atoms with Crippen LogP contribution in [0.2, 0.25) is 0 Å². The van der Waals surface area contributed by atoms with E-state index in [0.29, 0.717) is 19.6 Å². The highest BCUT2D eigenvalue weighted by atomic mass is 16.5. The maximum Gasteiger partial charge on any atom is 0.220 e. The zero-order valence-electron chi connectivity index (χ0n) is 13.1. The lowest BCUT2D eigenvalue weighted by molar-refractivity contribution is -0.122. The van der Waals surface area contributed by atoms with Crippen molar-refractivity contribution in [3.8, 4) is 0 Å². The first-order chi connectivity index (χ1) is 9.38. The second-order valence-corrected chi connectivity index (χ2v) is 6.36. The number of ether oxygens (including phenoxy) is 1. The van der Waals surface area contributed by atoms with Crippen LogP contribution in [0.15, 0.2) is 30.3 Å². The predicted molar refractivity (Wildman–Crippen MR) is 82.5 cm³/mol. The van der Waals surface area contributed by atoms with E-state index < -0.39 is 0 Å². The van der Waals surface area contributed by atoms with Gasteiger partial charge in [0.1, 0.15) is 0 Å². The smallest absolute Gasteiger partial charge is 0.220 e. The van der Waals surface area contributed by atoms with E-state index >= 15 is 0 Å². The van der Waals surface area contributed by atoms with E-state index in [4.69, 9.17) is 4.74 Å². The Morgan fingerprint density at radius 3 is 2.50 bits per heavy atom. The van der Waals surface area contributed by atoms with Crippen LogP contribution in [0.3, 0.4) is 0 Å². The maximum absolute atomic E-state index is 11.6. The number of benzene rings is 1. The third kappa shape index (κ3) is 7.29. The Kier molecular flexibility index (Phi) is 6.73. The summed E-state index contributed by atoms with van der Waals surface area (Å²) >= 11 is 0. The van der Waals surface area contributed by atoms with Crippen molar-refractivity contribution in [2.45, 2.75) is 46.6 Å². The van der Waals surface area contributed by atoms with Crippen LogP contribution in [-0.4, -0.2) is 19.1 Å². The zero-order valence-corrected chi connectivity index (χ0v) is 13.1. The van der Waals surface area contributed by atoms with Gasteiger partial charge in [0, 0.05) is 19.6 Å². The van der Waals surface area contributed by atoms with Crippen molar-refractivity contribution in [1.82, 2.24) is 5.32 Å². The van der Waals surface area contributed by atoms with Crippen LogP contribution in [0.4, 0.5) is 0 Å². The lowest BCUT2D eigenvalue weighted by Crippen LogP contribution is -2.28. The second-order valence-electron chi connectivity index (χ2n) is 6.36. The molecule has 1 amide bonds. The summed E-state index contributed by atoms with van der Waals surface area (Å²) in [5.74, 6) is 0.119. The minimum atomic E-state index is 0.0441. The zero-order chi connectivity index (χ0) is 15.0. The molecule has 1 aromatic rings. The fourth-order valence-electron chi connectivity index (χ4n) is 1.92. The Morgan fingerprint density at radius 2 is 1.90 bits per heavy atom. The fourth-order valence-corrected chi connectivity index (χ4v) is 1.92. The summed E-state index contributed by atoms with van der Waals surface area (Å²) in [6.07, 6.45) is 1.50. The molecule has 1 atom stereocenters. The molecule has 0 aliphatic carbocycles. The van der Waals surface area contributed by atoms with Gasteiger partial charge in [0.2, 0.25) is 5.91 Å². The van der Waals surface area contributed by atoms with Gasteiger partial charge in [0.15, 0.2) is 0 Å². The molecule has 3 heteroatoms. The van der Waals surface area contributed by atoms with Gasteiger partial charge in [-0.05, 0) is 24.3 Å². The summed E-state index contributed by atoms with van der Waals surface area (Å²) in [5.41, 5.74) is 1.23. The number of nitrogens with one attached hydrogen (secondary N) is 1. The minimum absolute atomic E-state index is 0.0441. The molecule has 3 nitrogen and oxygen atoms in total. The summed E-state index contributed by atoms with van der Waals surface area (Å²) in [4.78, 5) is 11.6. The van der Waals surface area contributed by atoms with Crippen LogP contribution in [0, 0.1) is 5.41 Å². The molecule has 0 heterocycles. The molecule has 112 valence electrons. The Morgan fingerprint density at radius 1 is 1.25 bits per heavy atom. The van der Waals surface area contributed by atoms with Gasteiger partial charge in [0.05, 0.1) is 6.10 Å². The van der Waals surface area contributed by atoms with Crippen LogP contribution < -0.4 is 5.32 Å². The lowest BCUT2D eigenvalue weighted by Gasteiger charge is -2.17. The number of hydrogen-bond acceptors (Lipinski definition) is 2. The van der Waals surface area contributed by atoms with E-state index in [1.165, 1.54) is 5.56 Å². The van der Waals surface area contributed by atoms with Gasteiger partial charge in [-0.2, -0.15) is 0 Å². The van der Waals surface area contributed by atoms with Crippen molar-refractivity contribution in [3.05, 3.63) is 35.9 Å². The Bertz CT molecular complexity index is 395. The quantitative estimate of drug-likeness (QED) is 0.772. The molecule has 0 saturated heterocycles. The molecule has 0 aromatic heterocycles. The van der Waals surface area contributed by atoms with E-state index in [0.717, 1.165) is 6.42 Å². The molecule has 1 N–H and O–H groups in total. The van der Waals surface area contributed by atoms with Crippen molar-refractivity contribution < 1.29 is 9.53 Å². The fraction of sp³-hybridized carbons (Fsp3) is 0.588. The largest absolute Gasteiger partial charge is 0.374 e. The first-order valence-electron chi connectivity index (χ1n) is 7.32. The molecular weight excluding hydrogens is 250 g/mol. The Labute approximate surface area is 122 Å². The predicted octanol–water partition coefficient (Wildman–Crippen LogP) is 3.71. The van der Waals surface area contributed by atoms with Gasteiger partial charge < -0.3 is 10.1 Å². The van der Waals surface area contributed by atoms with Crippen molar-refractivity contribution in [2.75, 3.05) is 13.2 Å². The number of rotatable bonds is 7. The second kappa shape index (κ2) is 8.05. The first kappa shape index (κ1) is 16.7. The van der Waals surface area contributed by atoms with Crippen molar-refractivity contribution >= 4 is 5.91 Å².